The fourth-order valence-corrected chi connectivity index (χ4v) is 5.19. The van der Waals surface area contributed by atoms with E-state index in [1.807, 2.05) is 13.8 Å². The normalized spacial score (nSPS) is 35.9. The van der Waals surface area contributed by atoms with Crippen molar-refractivity contribution in [3.63, 3.8) is 0 Å². The van der Waals surface area contributed by atoms with Crippen molar-refractivity contribution >= 4 is 29.2 Å². The van der Waals surface area contributed by atoms with Crippen molar-refractivity contribution in [2.75, 3.05) is 6.61 Å². The van der Waals surface area contributed by atoms with Gasteiger partial charge >= 0.3 is 5.97 Å². The van der Waals surface area contributed by atoms with Gasteiger partial charge in [0.2, 0.25) is 0 Å². The molecular weight excluding hydrogens is 501 g/mol. The highest BCUT2D eigenvalue weighted by atomic mass is 32.1. The molecule has 0 amide bonds. The van der Waals surface area contributed by atoms with Crippen molar-refractivity contribution in [1.82, 2.24) is 4.98 Å². The Morgan fingerprint density at radius 2 is 2.03 bits per heavy atom. The van der Waals surface area contributed by atoms with Gasteiger partial charge < -0.3 is 24.4 Å². The molecule has 2 N–H and O–H groups in total. The third-order valence-corrected chi connectivity index (χ3v) is 8.22. The first-order valence-corrected chi connectivity index (χ1v) is 13.5. The van der Waals surface area contributed by atoms with E-state index in [9.17, 15) is 19.8 Å². The summed E-state index contributed by atoms with van der Waals surface area (Å²) in [4.78, 5) is 30.5. The highest BCUT2D eigenvalue weighted by Crippen LogP contribution is 2.44. The van der Waals surface area contributed by atoms with Crippen molar-refractivity contribution in [2.45, 2.75) is 96.4 Å². The molecule has 0 aliphatic carbocycles. The van der Waals surface area contributed by atoms with Crippen molar-refractivity contribution in [3.8, 4) is 0 Å². The van der Waals surface area contributed by atoms with Crippen LogP contribution in [0.3, 0.4) is 0 Å². The summed E-state index contributed by atoms with van der Waals surface area (Å²) in [5, 5.41) is 24.3. The molecule has 206 valence electrons. The van der Waals surface area contributed by atoms with Crippen LogP contribution in [0.2, 0.25) is 0 Å². The number of aliphatic hydroxyl groups is 2. The number of carbonyl (C=O) groups excluding carboxylic acids is 2. The number of aryl methyl sites for hydroxylation is 1. The number of Topliss-reactive ketones (excluding diaryl/α,β-unsaturated/α-hetero) is 1. The number of aromatic nitrogens is 1. The van der Waals surface area contributed by atoms with Gasteiger partial charge in [0.25, 0.3) is 0 Å². The van der Waals surface area contributed by atoms with E-state index >= 15 is 4.39 Å². The molecule has 3 heterocycles. The number of epoxide rings is 1. The van der Waals surface area contributed by atoms with Crippen LogP contribution >= 0.6 is 11.3 Å². The van der Waals surface area contributed by atoms with E-state index in [1.165, 1.54) is 37.3 Å². The molecule has 0 spiro atoms. The summed E-state index contributed by atoms with van der Waals surface area (Å²) in [5.74, 6) is -2.84. The second kappa shape index (κ2) is 11.8. The molecule has 37 heavy (non-hydrogen) atoms. The quantitative estimate of drug-likeness (QED) is 0.336. The van der Waals surface area contributed by atoms with E-state index < -0.39 is 65.4 Å². The SMILES string of the molecule is C=CC[C@H]1C(=O)C(C)(C)[C@@H](O)CC(=O)O[C@H](C(F)=Cc2csc(C)n2)C[C@@H]2O[C@]2(C)CCO[C@H](C)[C@H]1O. The molecule has 0 bridgehead atoms. The Hall–Kier alpha value is -1.98. The van der Waals surface area contributed by atoms with Gasteiger partial charge in [0.15, 0.2) is 6.10 Å². The molecule has 1 aromatic heterocycles. The minimum absolute atomic E-state index is 0.0751. The highest BCUT2D eigenvalue weighted by Gasteiger charge is 2.53. The van der Waals surface area contributed by atoms with Crippen molar-refractivity contribution in [3.05, 3.63) is 34.6 Å². The number of ether oxygens (including phenoxy) is 3. The first-order chi connectivity index (χ1) is 17.3. The minimum atomic E-state index is -1.42. The van der Waals surface area contributed by atoms with Gasteiger partial charge in [-0.2, -0.15) is 0 Å². The van der Waals surface area contributed by atoms with E-state index in [-0.39, 0.29) is 25.6 Å². The Bertz CT molecular complexity index is 1020. The number of nitrogens with zero attached hydrogens (tertiary/aromatic N) is 1. The maximum Gasteiger partial charge on any atom is 0.309 e. The average molecular weight is 540 g/mol. The Morgan fingerprint density at radius 3 is 2.65 bits per heavy atom. The molecule has 0 aromatic carbocycles. The molecule has 0 radical (unpaired) electrons. The average Bonchev–Trinajstić information content (AvgIpc) is 3.27. The molecule has 2 aliphatic heterocycles. The number of thiazole rings is 1. The third-order valence-electron chi connectivity index (χ3n) is 7.43. The monoisotopic (exact) mass is 539 g/mol. The molecular formula is C27H38FNO7S. The number of fused-ring (bicyclic) bond motifs is 1. The third kappa shape index (κ3) is 7.11. The molecule has 2 fully saturated rings. The van der Waals surface area contributed by atoms with Crippen LogP contribution in [-0.4, -0.2) is 69.7 Å². The van der Waals surface area contributed by atoms with E-state index in [0.717, 1.165) is 5.01 Å². The minimum Gasteiger partial charge on any atom is -0.455 e. The molecule has 0 saturated carbocycles. The van der Waals surface area contributed by atoms with Gasteiger partial charge in [-0.25, -0.2) is 9.37 Å². The van der Waals surface area contributed by atoms with Crippen molar-refractivity contribution in [1.29, 1.82) is 0 Å². The van der Waals surface area contributed by atoms with E-state index in [2.05, 4.69) is 11.6 Å². The number of esters is 1. The topological polar surface area (TPSA) is 118 Å². The maximum atomic E-state index is 15.3. The molecule has 0 unspecified atom stereocenters. The van der Waals surface area contributed by atoms with Gasteiger partial charge in [-0.1, -0.05) is 19.9 Å². The van der Waals surface area contributed by atoms with Gasteiger partial charge in [-0.3, -0.25) is 9.59 Å². The number of halogens is 1. The molecule has 1 aromatic rings. The van der Waals surface area contributed by atoms with Crippen molar-refractivity contribution in [2.24, 2.45) is 11.3 Å². The Balaban J connectivity index is 1.88. The Labute approximate surface area is 221 Å². The number of cyclic esters (lactones) is 1. The predicted molar refractivity (Wildman–Crippen MR) is 137 cm³/mol. The van der Waals surface area contributed by atoms with Gasteiger partial charge in [-0.05, 0) is 33.3 Å². The largest absolute Gasteiger partial charge is 0.455 e. The van der Waals surface area contributed by atoms with Crippen LogP contribution in [0.15, 0.2) is 23.9 Å². The number of ketones is 1. The second-order valence-electron chi connectivity index (χ2n) is 10.7. The predicted octanol–water partition coefficient (Wildman–Crippen LogP) is 3.93. The van der Waals surface area contributed by atoms with E-state index in [1.54, 1.807) is 12.3 Å². The number of aliphatic hydroxyl groups excluding tert-OH is 2. The fraction of sp³-hybridized carbons (Fsp3) is 0.667. The number of hydrogen-bond donors (Lipinski definition) is 2. The molecule has 2 aliphatic rings. The Kier molecular flexibility index (Phi) is 9.45. The zero-order chi connectivity index (χ0) is 27.5. The summed E-state index contributed by atoms with van der Waals surface area (Å²) in [5.41, 5.74) is -1.59. The number of rotatable bonds is 4. The lowest BCUT2D eigenvalue weighted by atomic mass is 9.72. The maximum absolute atomic E-state index is 15.3. The molecule has 2 saturated heterocycles. The van der Waals surface area contributed by atoms with Crippen LogP contribution in [-0.2, 0) is 23.8 Å². The lowest BCUT2D eigenvalue weighted by molar-refractivity contribution is -0.156. The summed E-state index contributed by atoms with van der Waals surface area (Å²) < 4.78 is 32.5. The van der Waals surface area contributed by atoms with Gasteiger partial charge in [-0.15, -0.1) is 17.9 Å². The van der Waals surface area contributed by atoms with Crippen molar-refractivity contribution < 1.29 is 38.4 Å². The van der Waals surface area contributed by atoms with Crippen LogP contribution in [0.5, 0.6) is 0 Å². The standard InChI is InChI=1S/C27H38FNO7S/c1-7-8-18-24(32)15(2)34-10-9-27(6)22(36-27)12-20(19(28)11-17-14-37-16(3)29-17)35-23(31)13-21(30)26(4,5)25(18)33/h7,11,14-15,18,20-22,24,30,32H,1,8-10,12-13H2,2-6H3/t15-,18-,20+,21+,22+,24-,27-/m1/s1. The number of allylic oxidation sites excluding steroid dienone is 1. The molecule has 8 nitrogen and oxygen atoms in total. The van der Waals surface area contributed by atoms with Crippen LogP contribution in [0.4, 0.5) is 4.39 Å². The van der Waals surface area contributed by atoms with Gasteiger partial charge in [0.05, 0.1) is 58.5 Å². The van der Waals surface area contributed by atoms with E-state index in [4.69, 9.17) is 14.2 Å². The summed E-state index contributed by atoms with van der Waals surface area (Å²) in [6.45, 7) is 12.3. The Morgan fingerprint density at radius 1 is 1.32 bits per heavy atom. The summed E-state index contributed by atoms with van der Waals surface area (Å²) in [7, 11) is 0. The molecule has 10 heteroatoms. The molecule has 3 rings (SSSR count). The first-order valence-electron chi connectivity index (χ1n) is 12.6. The van der Waals surface area contributed by atoms with E-state index in [0.29, 0.717) is 12.1 Å². The van der Waals surface area contributed by atoms with Gasteiger partial charge in [0, 0.05) is 24.8 Å². The highest BCUT2D eigenvalue weighted by molar-refractivity contribution is 7.09. The van der Waals surface area contributed by atoms with Crippen LogP contribution in [0.1, 0.15) is 64.1 Å². The molecule has 7 atom stereocenters. The lowest BCUT2D eigenvalue weighted by Crippen LogP contribution is -2.48. The van der Waals surface area contributed by atoms with Gasteiger partial charge in [0.1, 0.15) is 11.6 Å². The summed E-state index contributed by atoms with van der Waals surface area (Å²) in [6, 6.07) is 0. The lowest BCUT2D eigenvalue weighted by Gasteiger charge is -2.35. The number of hydrogen-bond acceptors (Lipinski definition) is 9. The summed E-state index contributed by atoms with van der Waals surface area (Å²) in [6.07, 6.45) is -1.90. The zero-order valence-corrected chi connectivity index (χ0v) is 22.9. The van der Waals surface area contributed by atoms with Crippen LogP contribution < -0.4 is 0 Å². The second-order valence-corrected chi connectivity index (χ2v) is 11.8. The number of carbonyl (C=O) groups is 2. The van der Waals surface area contributed by atoms with Crippen LogP contribution in [0, 0.1) is 18.3 Å². The summed E-state index contributed by atoms with van der Waals surface area (Å²) >= 11 is 1.37. The fourth-order valence-electron chi connectivity index (χ4n) is 4.62. The first kappa shape index (κ1) is 29.6. The van der Waals surface area contributed by atoms with Crippen LogP contribution in [0.25, 0.3) is 6.08 Å². The zero-order valence-electron chi connectivity index (χ0n) is 22.1. The smallest absolute Gasteiger partial charge is 0.309 e.